The van der Waals surface area contributed by atoms with Crippen LogP contribution < -0.4 is 5.32 Å². The van der Waals surface area contributed by atoms with Gasteiger partial charge in [-0.2, -0.15) is 0 Å². The van der Waals surface area contributed by atoms with Crippen molar-refractivity contribution in [1.29, 1.82) is 0 Å². The van der Waals surface area contributed by atoms with Gasteiger partial charge in [-0.15, -0.1) is 0 Å². The molecule has 1 rings (SSSR count). The number of benzene rings is 1. The SMILES string of the molecule is COC(=O)/C(=C\c1ccc(Br)cc1F)NC(=O)OC(C)(C)C. The molecule has 0 aliphatic rings. The number of carbonyl (C=O) groups excluding carboxylic acids is 2. The minimum atomic E-state index is -0.832. The number of amides is 1. The van der Waals surface area contributed by atoms with E-state index < -0.39 is 23.5 Å². The number of methoxy groups -OCH3 is 1. The maximum Gasteiger partial charge on any atom is 0.412 e. The molecule has 1 N–H and O–H groups in total. The van der Waals surface area contributed by atoms with Gasteiger partial charge in [-0.25, -0.2) is 14.0 Å². The number of ether oxygens (including phenoxy) is 2. The van der Waals surface area contributed by atoms with Crippen LogP contribution in [0.4, 0.5) is 9.18 Å². The van der Waals surface area contributed by atoms with E-state index in [1.807, 2.05) is 0 Å². The highest BCUT2D eigenvalue weighted by Gasteiger charge is 2.20. The Kier molecular flexibility index (Phi) is 6.11. The van der Waals surface area contributed by atoms with E-state index in [-0.39, 0.29) is 11.3 Å². The van der Waals surface area contributed by atoms with Gasteiger partial charge in [-0.1, -0.05) is 22.0 Å². The largest absolute Gasteiger partial charge is 0.464 e. The van der Waals surface area contributed by atoms with E-state index in [2.05, 4.69) is 26.0 Å². The van der Waals surface area contributed by atoms with Crippen LogP contribution in [0.1, 0.15) is 26.3 Å². The summed E-state index contributed by atoms with van der Waals surface area (Å²) in [4.78, 5) is 23.4. The van der Waals surface area contributed by atoms with Gasteiger partial charge in [-0.05, 0) is 39.0 Å². The van der Waals surface area contributed by atoms with Crippen molar-refractivity contribution in [3.63, 3.8) is 0 Å². The van der Waals surface area contributed by atoms with Gasteiger partial charge in [0.25, 0.3) is 0 Å². The number of hydrogen-bond acceptors (Lipinski definition) is 4. The molecule has 1 amide bonds. The number of hydrogen-bond donors (Lipinski definition) is 1. The average Bonchev–Trinajstić information content (AvgIpc) is 2.37. The molecule has 0 aromatic heterocycles. The minimum Gasteiger partial charge on any atom is -0.464 e. The van der Waals surface area contributed by atoms with E-state index in [1.165, 1.54) is 18.2 Å². The summed E-state index contributed by atoms with van der Waals surface area (Å²) in [7, 11) is 1.16. The first-order valence-corrected chi connectivity index (χ1v) is 7.17. The lowest BCUT2D eigenvalue weighted by Crippen LogP contribution is -2.34. The molecule has 0 saturated heterocycles. The third-order valence-corrected chi connectivity index (χ3v) is 2.80. The molecular weight excluding hydrogens is 357 g/mol. The van der Waals surface area contributed by atoms with E-state index in [0.717, 1.165) is 7.11 Å². The number of alkyl carbamates (subject to hydrolysis) is 1. The predicted octanol–water partition coefficient (Wildman–Crippen LogP) is 3.63. The summed E-state index contributed by atoms with van der Waals surface area (Å²) in [5.74, 6) is -1.37. The Hall–Kier alpha value is -1.89. The van der Waals surface area contributed by atoms with Crippen LogP contribution in [0.15, 0.2) is 28.4 Å². The molecule has 0 aliphatic heterocycles. The fraction of sp³-hybridized carbons (Fsp3) is 0.333. The van der Waals surface area contributed by atoms with Crippen LogP contribution in [0.2, 0.25) is 0 Å². The smallest absolute Gasteiger partial charge is 0.412 e. The van der Waals surface area contributed by atoms with Crippen LogP contribution in [0.3, 0.4) is 0 Å². The Morgan fingerprint density at radius 2 is 1.95 bits per heavy atom. The average molecular weight is 374 g/mol. The van der Waals surface area contributed by atoms with Crippen molar-refractivity contribution in [2.75, 3.05) is 7.11 Å². The Morgan fingerprint density at radius 1 is 1.32 bits per heavy atom. The summed E-state index contributed by atoms with van der Waals surface area (Å²) < 4.78 is 24.0. The van der Waals surface area contributed by atoms with Crippen LogP contribution in [0.25, 0.3) is 6.08 Å². The molecule has 120 valence electrons. The molecular formula is C15H17BrFNO4. The van der Waals surface area contributed by atoms with Crippen molar-refractivity contribution in [3.8, 4) is 0 Å². The fourth-order valence-corrected chi connectivity index (χ4v) is 1.78. The molecule has 5 nitrogen and oxygen atoms in total. The molecule has 7 heteroatoms. The van der Waals surface area contributed by atoms with E-state index in [4.69, 9.17) is 4.74 Å². The third-order valence-electron chi connectivity index (χ3n) is 2.30. The fourth-order valence-electron chi connectivity index (χ4n) is 1.44. The summed E-state index contributed by atoms with van der Waals surface area (Å²) in [5, 5.41) is 2.26. The molecule has 0 heterocycles. The van der Waals surface area contributed by atoms with Gasteiger partial charge in [-0.3, -0.25) is 5.32 Å². The van der Waals surface area contributed by atoms with E-state index >= 15 is 0 Å². The lowest BCUT2D eigenvalue weighted by molar-refractivity contribution is -0.136. The van der Waals surface area contributed by atoms with Gasteiger partial charge in [0, 0.05) is 10.0 Å². The quantitative estimate of drug-likeness (QED) is 0.648. The number of nitrogens with one attached hydrogen (secondary N) is 1. The highest BCUT2D eigenvalue weighted by atomic mass is 79.9. The molecule has 0 bridgehead atoms. The first kappa shape index (κ1) is 18.2. The zero-order valence-electron chi connectivity index (χ0n) is 12.7. The van der Waals surface area contributed by atoms with Gasteiger partial charge < -0.3 is 9.47 Å². The second kappa shape index (κ2) is 7.40. The summed E-state index contributed by atoms with van der Waals surface area (Å²) in [5.41, 5.74) is -0.827. The van der Waals surface area contributed by atoms with Gasteiger partial charge in [0.15, 0.2) is 0 Å². The van der Waals surface area contributed by atoms with Crippen LogP contribution in [-0.2, 0) is 14.3 Å². The van der Waals surface area contributed by atoms with Crippen LogP contribution in [0, 0.1) is 5.82 Å². The van der Waals surface area contributed by atoms with Crippen molar-refractivity contribution in [2.45, 2.75) is 26.4 Å². The third kappa shape index (κ3) is 5.85. The second-order valence-electron chi connectivity index (χ2n) is 5.34. The van der Waals surface area contributed by atoms with Crippen LogP contribution in [-0.4, -0.2) is 24.8 Å². The molecule has 1 aromatic carbocycles. The molecule has 0 aliphatic carbocycles. The molecule has 0 saturated carbocycles. The first-order chi connectivity index (χ1) is 10.1. The number of esters is 1. The standard InChI is InChI=1S/C15H17BrFNO4/c1-15(2,3)22-14(20)18-12(13(19)21-4)7-9-5-6-10(16)8-11(9)17/h5-8H,1-4H3,(H,18,20)/b12-7+. The van der Waals surface area contributed by atoms with Crippen molar-refractivity contribution in [2.24, 2.45) is 0 Å². The molecule has 0 radical (unpaired) electrons. The Morgan fingerprint density at radius 3 is 2.45 bits per heavy atom. The molecule has 1 aromatic rings. The highest BCUT2D eigenvalue weighted by Crippen LogP contribution is 2.18. The predicted molar refractivity (Wildman–Crippen MR) is 83.5 cm³/mol. The van der Waals surface area contributed by atoms with Crippen LogP contribution in [0.5, 0.6) is 0 Å². The zero-order valence-corrected chi connectivity index (χ0v) is 14.3. The molecule has 22 heavy (non-hydrogen) atoms. The second-order valence-corrected chi connectivity index (χ2v) is 6.26. The maximum atomic E-state index is 13.8. The van der Waals surface area contributed by atoms with Crippen molar-refractivity contribution in [3.05, 3.63) is 39.7 Å². The van der Waals surface area contributed by atoms with E-state index in [1.54, 1.807) is 26.8 Å². The van der Waals surface area contributed by atoms with Crippen molar-refractivity contribution >= 4 is 34.1 Å². The monoisotopic (exact) mass is 373 g/mol. The highest BCUT2D eigenvalue weighted by molar-refractivity contribution is 9.10. The Balaban J connectivity index is 3.05. The first-order valence-electron chi connectivity index (χ1n) is 6.37. The van der Waals surface area contributed by atoms with E-state index in [0.29, 0.717) is 4.47 Å². The topological polar surface area (TPSA) is 64.6 Å². The minimum absolute atomic E-state index is 0.125. The molecule has 0 unspecified atom stereocenters. The number of carbonyl (C=O) groups is 2. The normalized spacial score (nSPS) is 11.8. The molecule has 0 atom stereocenters. The number of halogens is 2. The maximum absolute atomic E-state index is 13.8. The lowest BCUT2D eigenvalue weighted by atomic mass is 10.2. The van der Waals surface area contributed by atoms with Crippen LogP contribution >= 0.6 is 15.9 Å². The van der Waals surface area contributed by atoms with Crippen molar-refractivity contribution in [1.82, 2.24) is 5.32 Å². The lowest BCUT2D eigenvalue weighted by Gasteiger charge is -2.20. The number of rotatable bonds is 3. The summed E-state index contributed by atoms with van der Waals surface area (Å²) in [6.45, 7) is 5.05. The summed E-state index contributed by atoms with van der Waals surface area (Å²) >= 11 is 3.14. The zero-order chi connectivity index (χ0) is 16.9. The van der Waals surface area contributed by atoms with Gasteiger partial charge in [0.1, 0.15) is 17.1 Å². The van der Waals surface area contributed by atoms with Gasteiger partial charge in [0.05, 0.1) is 7.11 Å². The Labute approximate surface area is 136 Å². The van der Waals surface area contributed by atoms with Crippen molar-refractivity contribution < 1.29 is 23.5 Å². The molecule has 0 spiro atoms. The van der Waals surface area contributed by atoms with Gasteiger partial charge >= 0.3 is 12.1 Å². The van der Waals surface area contributed by atoms with Gasteiger partial charge in [0.2, 0.25) is 0 Å². The molecule has 0 fully saturated rings. The Bertz CT molecular complexity index is 608. The van der Waals surface area contributed by atoms with E-state index in [9.17, 15) is 14.0 Å². The summed E-state index contributed by atoms with van der Waals surface area (Å²) in [6, 6.07) is 4.31. The summed E-state index contributed by atoms with van der Waals surface area (Å²) in [6.07, 6.45) is 0.346.